The van der Waals surface area contributed by atoms with E-state index in [4.69, 9.17) is 15.3 Å². The van der Waals surface area contributed by atoms with Crippen molar-refractivity contribution in [2.75, 3.05) is 0 Å². The molecule has 0 amide bonds. The topological polar surface area (TPSA) is 77.8 Å². The van der Waals surface area contributed by atoms with E-state index < -0.39 is 24.4 Å². The summed E-state index contributed by atoms with van der Waals surface area (Å²) in [6.07, 6.45) is -7.12. The number of aliphatic hydroxyl groups is 2. The number of hydrogen-bond donors (Lipinski definition) is 3. The van der Waals surface area contributed by atoms with Gasteiger partial charge < -0.3 is 15.3 Å². The van der Waals surface area contributed by atoms with E-state index in [2.05, 4.69) is 0 Å². The van der Waals surface area contributed by atoms with Gasteiger partial charge in [0.05, 0.1) is 0 Å². The number of carboxylic acid groups (broad SMARTS) is 1. The second kappa shape index (κ2) is 2.67. The van der Waals surface area contributed by atoms with Crippen molar-refractivity contribution in [2.45, 2.75) is 18.4 Å². The van der Waals surface area contributed by atoms with Crippen LogP contribution in [0.3, 0.4) is 0 Å². The summed E-state index contributed by atoms with van der Waals surface area (Å²) in [6, 6.07) is 0. The minimum absolute atomic E-state index is 1.78. The van der Waals surface area contributed by atoms with E-state index in [9.17, 15) is 18.0 Å². The van der Waals surface area contributed by atoms with Crippen LogP contribution in [0, 0.1) is 0 Å². The standard InChI is InChI=1S/C4H5F3O4/c5-4(6,7)3(10,11)1-2(8)9/h10-11H,1H2,(H,8,9). The van der Waals surface area contributed by atoms with Gasteiger partial charge in [-0.15, -0.1) is 0 Å². The molecule has 11 heavy (non-hydrogen) atoms. The second-order valence-corrected chi connectivity index (χ2v) is 1.88. The van der Waals surface area contributed by atoms with Crippen LogP contribution < -0.4 is 0 Å². The number of carbonyl (C=O) groups is 1. The zero-order valence-corrected chi connectivity index (χ0v) is 5.09. The first kappa shape index (κ1) is 10.2. The van der Waals surface area contributed by atoms with E-state index in [0.717, 1.165) is 0 Å². The lowest BCUT2D eigenvalue weighted by Gasteiger charge is -2.21. The third-order valence-electron chi connectivity index (χ3n) is 0.852. The van der Waals surface area contributed by atoms with Gasteiger partial charge in [0.25, 0.3) is 5.79 Å². The predicted molar refractivity (Wildman–Crippen MR) is 25.5 cm³/mol. The Morgan fingerprint density at radius 3 is 1.73 bits per heavy atom. The van der Waals surface area contributed by atoms with Crippen molar-refractivity contribution in [3.05, 3.63) is 0 Å². The highest BCUT2D eigenvalue weighted by molar-refractivity contribution is 5.67. The maximum atomic E-state index is 11.4. The summed E-state index contributed by atoms with van der Waals surface area (Å²) in [7, 11) is 0. The Morgan fingerprint density at radius 1 is 1.27 bits per heavy atom. The molecule has 0 unspecified atom stereocenters. The average molecular weight is 174 g/mol. The van der Waals surface area contributed by atoms with Crippen LogP contribution in [0.2, 0.25) is 0 Å². The van der Waals surface area contributed by atoms with Crippen LogP contribution >= 0.6 is 0 Å². The van der Waals surface area contributed by atoms with Gasteiger partial charge in [-0.05, 0) is 0 Å². The van der Waals surface area contributed by atoms with Crippen molar-refractivity contribution in [3.8, 4) is 0 Å². The molecule has 0 radical (unpaired) electrons. The highest BCUT2D eigenvalue weighted by atomic mass is 19.4. The van der Waals surface area contributed by atoms with Gasteiger partial charge in [0, 0.05) is 0 Å². The summed E-state index contributed by atoms with van der Waals surface area (Å²) in [4.78, 5) is 9.64. The highest BCUT2D eigenvalue weighted by Crippen LogP contribution is 2.30. The van der Waals surface area contributed by atoms with Crippen LogP contribution in [0.5, 0.6) is 0 Å². The molecule has 0 saturated heterocycles. The molecule has 0 aromatic carbocycles. The Bertz CT molecular complexity index is 161. The SMILES string of the molecule is O=C(O)CC(O)(O)C(F)(F)F. The molecule has 0 heterocycles. The molecule has 0 aliphatic heterocycles. The van der Waals surface area contributed by atoms with Crippen LogP contribution in [0.25, 0.3) is 0 Å². The van der Waals surface area contributed by atoms with Crippen molar-refractivity contribution in [1.29, 1.82) is 0 Å². The van der Waals surface area contributed by atoms with Crippen LogP contribution in [0.15, 0.2) is 0 Å². The van der Waals surface area contributed by atoms with Crippen LogP contribution in [0.4, 0.5) is 13.2 Å². The fourth-order valence-electron chi connectivity index (χ4n) is 0.311. The van der Waals surface area contributed by atoms with Crippen molar-refractivity contribution in [2.24, 2.45) is 0 Å². The van der Waals surface area contributed by atoms with Gasteiger partial charge >= 0.3 is 12.1 Å². The van der Waals surface area contributed by atoms with E-state index >= 15 is 0 Å². The van der Waals surface area contributed by atoms with Gasteiger partial charge in [-0.25, -0.2) is 0 Å². The van der Waals surface area contributed by atoms with Crippen LogP contribution in [-0.4, -0.2) is 33.3 Å². The van der Waals surface area contributed by atoms with E-state index in [-0.39, 0.29) is 0 Å². The summed E-state index contributed by atoms with van der Waals surface area (Å²) < 4.78 is 34.3. The lowest BCUT2D eigenvalue weighted by molar-refractivity contribution is -0.348. The van der Waals surface area contributed by atoms with Crippen molar-refractivity contribution < 1.29 is 33.3 Å². The monoisotopic (exact) mass is 174 g/mol. The molecular formula is C4H5F3O4. The smallest absolute Gasteiger partial charge is 0.443 e. The number of carboxylic acids is 1. The number of alkyl halides is 3. The Kier molecular flexibility index (Phi) is 2.47. The van der Waals surface area contributed by atoms with Crippen molar-refractivity contribution in [3.63, 3.8) is 0 Å². The summed E-state index contributed by atoms with van der Waals surface area (Å²) in [5, 5.41) is 23.9. The Hall–Kier alpha value is -0.820. The molecule has 4 nitrogen and oxygen atoms in total. The van der Waals surface area contributed by atoms with Crippen molar-refractivity contribution in [1.82, 2.24) is 0 Å². The Morgan fingerprint density at radius 2 is 1.64 bits per heavy atom. The highest BCUT2D eigenvalue weighted by Gasteiger charge is 2.54. The maximum absolute atomic E-state index is 11.4. The van der Waals surface area contributed by atoms with Gasteiger partial charge in [0.2, 0.25) is 0 Å². The first-order chi connectivity index (χ1) is 4.67. The Balaban J connectivity index is 4.34. The molecule has 66 valence electrons. The Labute approximate surface area is 58.9 Å². The zero-order valence-electron chi connectivity index (χ0n) is 5.09. The molecule has 0 aliphatic rings. The van der Waals surface area contributed by atoms with Gasteiger partial charge in [0.15, 0.2) is 0 Å². The summed E-state index contributed by atoms with van der Waals surface area (Å²) in [5.41, 5.74) is 0. The predicted octanol–water partition coefficient (Wildman–Crippen LogP) is -0.296. The van der Waals surface area contributed by atoms with Gasteiger partial charge in [-0.2, -0.15) is 13.2 Å². The zero-order chi connectivity index (χ0) is 9.28. The number of rotatable bonds is 2. The molecule has 0 fully saturated rings. The first-order valence-corrected chi connectivity index (χ1v) is 2.40. The molecule has 0 aromatic heterocycles. The number of aliphatic carboxylic acids is 1. The number of hydrogen-bond acceptors (Lipinski definition) is 3. The van der Waals surface area contributed by atoms with Crippen LogP contribution in [-0.2, 0) is 4.79 Å². The molecule has 0 atom stereocenters. The molecule has 7 heteroatoms. The lowest BCUT2D eigenvalue weighted by atomic mass is 10.2. The molecule has 0 saturated carbocycles. The van der Waals surface area contributed by atoms with Gasteiger partial charge in [-0.3, -0.25) is 4.79 Å². The van der Waals surface area contributed by atoms with E-state index in [1.807, 2.05) is 0 Å². The quantitative estimate of drug-likeness (QED) is 0.502. The summed E-state index contributed by atoms with van der Waals surface area (Å²) >= 11 is 0. The van der Waals surface area contributed by atoms with Gasteiger partial charge in [-0.1, -0.05) is 0 Å². The van der Waals surface area contributed by atoms with Crippen molar-refractivity contribution >= 4 is 5.97 Å². The molecule has 0 spiro atoms. The van der Waals surface area contributed by atoms with E-state index in [1.165, 1.54) is 0 Å². The lowest BCUT2D eigenvalue weighted by Crippen LogP contribution is -2.46. The molecule has 3 N–H and O–H groups in total. The first-order valence-electron chi connectivity index (χ1n) is 2.40. The molecule has 0 bridgehead atoms. The van der Waals surface area contributed by atoms with E-state index in [0.29, 0.717) is 0 Å². The molecule has 0 aromatic rings. The maximum Gasteiger partial charge on any atom is 0.443 e. The molecule has 0 rings (SSSR count). The third kappa shape index (κ3) is 2.72. The van der Waals surface area contributed by atoms with Gasteiger partial charge in [0.1, 0.15) is 6.42 Å². The average Bonchev–Trinajstić information content (AvgIpc) is 1.56. The van der Waals surface area contributed by atoms with E-state index in [1.54, 1.807) is 0 Å². The third-order valence-corrected chi connectivity index (χ3v) is 0.852. The molecule has 0 aliphatic carbocycles. The second-order valence-electron chi connectivity index (χ2n) is 1.88. The van der Waals surface area contributed by atoms with Crippen LogP contribution in [0.1, 0.15) is 6.42 Å². The fraction of sp³-hybridized carbons (Fsp3) is 0.750. The minimum atomic E-state index is -5.34. The number of halogens is 3. The summed E-state index contributed by atoms with van der Waals surface area (Å²) in [6.45, 7) is 0. The normalized spacial score (nSPS) is 13.2. The fourth-order valence-corrected chi connectivity index (χ4v) is 0.311. The molecular weight excluding hydrogens is 169 g/mol. The summed E-state index contributed by atoms with van der Waals surface area (Å²) in [5.74, 6) is -6.08. The minimum Gasteiger partial charge on any atom is -0.481 e. The largest absolute Gasteiger partial charge is 0.481 e.